The molecule has 0 nitrogen and oxygen atoms in total. The Hall–Kier alpha value is -2.56. The van der Waals surface area contributed by atoms with E-state index in [9.17, 15) is 8.78 Å². The summed E-state index contributed by atoms with van der Waals surface area (Å²) in [5, 5.41) is 4.71. The van der Waals surface area contributed by atoms with Crippen LogP contribution in [0.4, 0.5) is 8.78 Å². The minimum atomic E-state index is -0.510. The van der Waals surface area contributed by atoms with Gasteiger partial charge in [0.15, 0.2) is 0 Å². The van der Waals surface area contributed by atoms with Crippen LogP contribution in [0.1, 0.15) is 10.4 Å². The van der Waals surface area contributed by atoms with E-state index in [-0.39, 0.29) is 0 Å². The first-order chi connectivity index (χ1) is 13.7. The zero-order valence-electron chi connectivity index (χ0n) is 14.8. The normalized spacial score (nSPS) is 12.2. The van der Waals surface area contributed by atoms with Gasteiger partial charge >= 0.3 is 0 Å². The molecule has 28 heavy (non-hydrogen) atoms. The van der Waals surface area contributed by atoms with Gasteiger partial charge in [0.2, 0.25) is 0 Å². The Bertz CT molecular complexity index is 1370. The fourth-order valence-corrected chi connectivity index (χ4v) is 6.40. The lowest BCUT2D eigenvalue weighted by Crippen LogP contribution is -1.98. The van der Waals surface area contributed by atoms with E-state index >= 15 is 0 Å². The predicted octanol–water partition coefficient (Wildman–Crippen LogP) is 7.83. The van der Waals surface area contributed by atoms with E-state index in [1.54, 1.807) is 22.7 Å². The average Bonchev–Trinajstić information content (AvgIpc) is 3.27. The maximum absolute atomic E-state index is 13.4. The van der Waals surface area contributed by atoms with E-state index in [0.29, 0.717) is 12.0 Å². The van der Waals surface area contributed by atoms with E-state index in [1.807, 2.05) is 0 Å². The van der Waals surface area contributed by atoms with E-state index in [2.05, 4.69) is 41.8 Å². The van der Waals surface area contributed by atoms with Gasteiger partial charge in [-0.25, -0.2) is 8.78 Å². The highest BCUT2D eigenvalue weighted by atomic mass is 32.1. The number of halogens is 2. The highest BCUT2D eigenvalue weighted by Gasteiger charge is 2.28. The molecule has 0 fully saturated rings. The number of hydrogen-bond donors (Lipinski definition) is 0. The van der Waals surface area contributed by atoms with Gasteiger partial charge in [-0.2, -0.15) is 0 Å². The lowest BCUT2D eigenvalue weighted by molar-refractivity contribution is 0.579. The van der Waals surface area contributed by atoms with Crippen LogP contribution < -0.4 is 0 Å². The molecule has 1 aliphatic carbocycles. The second-order valence-electron chi connectivity index (χ2n) is 7.22. The third-order valence-corrected chi connectivity index (χ3v) is 7.66. The van der Waals surface area contributed by atoms with Crippen molar-refractivity contribution in [2.45, 2.75) is 12.8 Å². The summed E-state index contributed by atoms with van der Waals surface area (Å²) in [6.45, 7) is 0. The number of fused-ring (bicyclic) bond motifs is 8. The largest absolute Gasteiger partial charge is 0.207 e. The van der Waals surface area contributed by atoms with Crippen molar-refractivity contribution in [2.75, 3.05) is 0 Å². The second kappa shape index (κ2) is 5.97. The van der Waals surface area contributed by atoms with Crippen molar-refractivity contribution in [3.05, 3.63) is 82.1 Å². The van der Waals surface area contributed by atoms with E-state index in [0.717, 1.165) is 12.5 Å². The van der Waals surface area contributed by atoms with Crippen LogP contribution in [-0.2, 0) is 12.8 Å². The van der Waals surface area contributed by atoms with Gasteiger partial charge in [0, 0.05) is 31.5 Å². The summed E-state index contributed by atoms with van der Waals surface area (Å²) in [5.74, 6) is -1.02. The molecule has 0 amide bonds. The first-order valence-electron chi connectivity index (χ1n) is 9.19. The zero-order valence-corrected chi connectivity index (χ0v) is 16.4. The molecule has 0 atom stereocenters. The van der Waals surface area contributed by atoms with Crippen LogP contribution in [0.25, 0.3) is 42.4 Å². The fraction of sp³-hybridized carbons (Fsp3) is 0.0833. The third kappa shape index (κ3) is 2.38. The molecule has 0 N–H and O–H groups in total. The molecule has 4 heteroatoms. The van der Waals surface area contributed by atoms with Gasteiger partial charge in [0.1, 0.15) is 11.6 Å². The molecule has 0 bridgehead atoms. The van der Waals surface area contributed by atoms with Gasteiger partial charge in [0.25, 0.3) is 0 Å². The van der Waals surface area contributed by atoms with Crippen molar-refractivity contribution in [1.29, 1.82) is 0 Å². The van der Waals surface area contributed by atoms with Gasteiger partial charge in [-0.3, -0.25) is 0 Å². The van der Waals surface area contributed by atoms with Crippen molar-refractivity contribution in [3.8, 4) is 22.3 Å². The molecule has 2 aromatic heterocycles. The molecular formula is C24H14F2S2. The van der Waals surface area contributed by atoms with Crippen LogP contribution in [0.3, 0.4) is 0 Å². The fourth-order valence-electron chi connectivity index (χ4n) is 4.22. The number of hydrogen-bond acceptors (Lipinski definition) is 2. The van der Waals surface area contributed by atoms with Gasteiger partial charge < -0.3 is 0 Å². The number of rotatable bonds is 3. The minimum Gasteiger partial charge on any atom is -0.207 e. The van der Waals surface area contributed by atoms with Crippen molar-refractivity contribution in [2.24, 2.45) is 0 Å². The summed E-state index contributed by atoms with van der Waals surface area (Å²) < 4.78 is 29.5. The monoisotopic (exact) mass is 404 g/mol. The average molecular weight is 405 g/mol. The topological polar surface area (TPSA) is 0 Å². The Balaban J connectivity index is 1.37. The molecular weight excluding hydrogens is 390 g/mol. The lowest BCUT2D eigenvalue weighted by atomic mass is 9.79. The number of aryl methyl sites for hydroxylation is 2. The van der Waals surface area contributed by atoms with Crippen molar-refractivity contribution in [3.63, 3.8) is 0 Å². The Morgan fingerprint density at radius 2 is 1.39 bits per heavy atom. The highest BCUT2D eigenvalue weighted by Crippen LogP contribution is 2.55. The zero-order chi connectivity index (χ0) is 18.8. The van der Waals surface area contributed by atoms with Crippen LogP contribution in [0.15, 0.2) is 60.0 Å². The highest BCUT2D eigenvalue weighted by molar-refractivity contribution is 7.20. The van der Waals surface area contributed by atoms with Gasteiger partial charge in [-0.15, -0.1) is 22.7 Å². The van der Waals surface area contributed by atoms with Crippen LogP contribution in [0.2, 0.25) is 0 Å². The third-order valence-electron chi connectivity index (χ3n) is 5.48. The minimum absolute atomic E-state index is 0.510. The first kappa shape index (κ1) is 16.4. The number of thiophene rings is 2. The quantitative estimate of drug-likeness (QED) is 0.282. The van der Waals surface area contributed by atoms with Gasteiger partial charge in [-0.1, -0.05) is 24.3 Å². The molecule has 3 aromatic carbocycles. The molecule has 0 spiro atoms. The van der Waals surface area contributed by atoms with E-state index in [1.165, 1.54) is 59.4 Å². The number of benzene rings is 3. The van der Waals surface area contributed by atoms with Gasteiger partial charge in [-0.05, 0) is 69.9 Å². The SMILES string of the molecule is Fc1cc(F)cc(CCc2cc3ccc4c(c3s2)-c2ccc3ccsc3c2-4)c1. The molecule has 5 aromatic rings. The molecule has 6 rings (SSSR count). The van der Waals surface area contributed by atoms with E-state index in [4.69, 9.17) is 0 Å². The van der Waals surface area contributed by atoms with Crippen LogP contribution in [0, 0.1) is 11.6 Å². The molecule has 136 valence electrons. The van der Waals surface area contributed by atoms with Crippen LogP contribution in [0.5, 0.6) is 0 Å². The summed E-state index contributed by atoms with van der Waals surface area (Å²) in [6, 6.07) is 17.0. The van der Waals surface area contributed by atoms with Crippen molar-refractivity contribution in [1.82, 2.24) is 0 Å². The lowest BCUT2D eigenvalue weighted by Gasteiger charge is -2.25. The van der Waals surface area contributed by atoms with Crippen LogP contribution in [-0.4, -0.2) is 0 Å². The van der Waals surface area contributed by atoms with Gasteiger partial charge in [0.05, 0.1) is 0 Å². The maximum atomic E-state index is 13.4. The molecule has 2 heterocycles. The summed E-state index contributed by atoms with van der Waals surface area (Å²) in [7, 11) is 0. The molecule has 0 unspecified atom stereocenters. The van der Waals surface area contributed by atoms with Crippen LogP contribution >= 0.6 is 22.7 Å². The molecule has 0 aliphatic heterocycles. The summed E-state index contributed by atoms with van der Waals surface area (Å²) >= 11 is 3.61. The Morgan fingerprint density at radius 3 is 2.18 bits per heavy atom. The molecule has 0 radical (unpaired) electrons. The first-order valence-corrected chi connectivity index (χ1v) is 10.9. The molecule has 1 aliphatic rings. The van der Waals surface area contributed by atoms with E-state index < -0.39 is 11.6 Å². The smallest absolute Gasteiger partial charge is 0.126 e. The van der Waals surface area contributed by atoms with Crippen molar-refractivity contribution < 1.29 is 8.78 Å². The Morgan fingerprint density at radius 1 is 0.679 bits per heavy atom. The summed E-state index contributed by atoms with van der Waals surface area (Å²) in [5.41, 5.74) is 6.13. The Labute approximate surface area is 168 Å². The second-order valence-corrected chi connectivity index (χ2v) is 9.28. The summed E-state index contributed by atoms with van der Waals surface area (Å²) in [6.07, 6.45) is 1.42. The summed E-state index contributed by atoms with van der Waals surface area (Å²) in [4.78, 5) is 1.25. The molecule has 0 saturated carbocycles. The van der Waals surface area contributed by atoms with Crippen molar-refractivity contribution >= 4 is 42.8 Å². The standard InChI is InChI=1S/C24H14F2S2/c25-16-9-13(10-17(26)12-16)1-4-18-11-15-3-6-20-21-19(22(20)24(15)28-18)5-2-14-7-8-27-23(14)21/h2-3,5-12H,1,4H2. The molecule has 0 saturated heterocycles. The maximum Gasteiger partial charge on any atom is 0.126 e. The predicted molar refractivity (Wildman–Crippen MR) is 115 cm³/mol. The Kier molecular flexibility index (Phi) is 3.49.